The van der Waals surface area contributed by atoms with Gasteiger partial charge < -0.3 is 4.42 Å². The first kappa shape index (κ1) is 23.3. The Kier molecular flexibility index (Phi) is 4.37. The summed E-state index contributed by atoms with van der Waals surface area (Å²) in [6.45, 7) is 0. The van der Waals surface area contributed by atoms with E-state index >= 15 is 0 Å². The van der Waals surface area contributed by atoms with Gasteiger partial charge in [-0.1, -0.05) is 78.5 Å². The predicted octanol–water partition coefficient (Wildman–Crippen LogP) is 11.1. The molecule has 0 radical (unpaired) electrons. The van der Waals surface area contributed by atoms with Crippen molar-refractivity contribution in [1.82, 2.24) is 14.5 Å². The molecule has 0 atom stereocenters. The summed E-state index contributed by atoms with van der Waals surface area (Å²) in [4.78, 5) is 13.0. The molecule has 1 aliphatic heterocycles. The number of thiophene rings is 1. The molecular formula is C38H19N3OS2. The molecule has 0 amide bonds. The Morgan fingerprint density at radius 2 is 1.30 bits per heavy atom. The average Bonchev–Trinajstić information content (AvgIpc) is 3.74. The van der Waals surface area contributed by atoms with Crippen LogP contribution in [0.4, 0.5) is 0 Å². The van der Waals surface area contributed by atoms with Crippen LogP contribution in [0.2, 0.25) is 0 Å². The lowest BCUT2D eigenvalue weighted by Crippen LogP contribution is -2.05. The molecule has 5 heterocycles. The Morgan fingerprint density at radius 1 is 0.523 bits per heavy atom. The van der Waals surface area contributed by atoms with Crippen molar-refractivity contribution in [1.29, 1.82) is 0 Å². The maximum atomic E-state index is 6.26. The van der Waals surface area contributed by atoms with Gasteiger partial charge in [-0.25, -0.2) is 9.97 Å². The van der Waals surface area contributed by atoms with Crippen LogP contribution < -0.4 is 0 Å². The minimum Gasteiger partial charge on any atom is -0.456 e. The number of hydrogen-bond acceptors (Lipinski definition) is 5. The molecule has 0 spiro atoms. The normalized spacial score (nSPS) is 12.9. The molecule has 11 rings (SSSR count). The highest BCUT2D eigenvalue weighted by molar-refractivity contribution is 7.99. The summed E-state index contributed by atoms with van der Waals surface area (Å²) in [6.07, 6.45) is 0. The van der Waals surface area contributed by atoms with E-state index < -0.39 is 0 Å². The third kappa shape index (κ3) is 2.89. The van der Waals surface area contributed by atoms with Crippen LogP contribution in [-0.2, 0) is 0 Å². The predicted molar refractivity (Wildman–Crippen MR) is 184 cm³/mol. The van der Waals surface area contributed by atoms with Crippen molar-refractivity contribution in [3.8, 4) is 17.2 Å². The van der Waals surface area contributed by atoms with Gasteiger partial charge >= 0.3 is 0 Å². The van der Waals surface area contributed by atoms with Crippen molar-refractivity contribution in [2.45, 2.75) is 9.79 Å². The number of fused-ring (bicyclic) bond motifs is 13. The molecule has 0 saturated heterocycles. The van der Waals surface area contributed by atoms with Gasteiger partial charge in [0.15, 0.2) is 0 Å². The second-order valence-electron chi connectivity index (χ2n) is 11.3. The monoisotopic (exact) mass is 597 g/mol. The highest BCUT2D eigenvalue weighted by atomic mass is 32.2. The Balaban J connectivity index is 1.28. The van der Waals surface area contributed by atoms with Crippen molar-refractivity contribution in [2.75, 3.05) is 0 Å². The topological polar surface area (TPSA) is 43.9 Å². The smallest absolute Gasteiger partial charge is 0.235 e. The summed E-state index contributed by atoms with van der Waals surface area (Å²) in [5.74, 6) is 0.696. The van der Waals surface area contributed by atoms with Gasteiger partial charge in [0.2, 0.25) is 5.95 Å². The number of benzene rings is 6. The molecule has 0 saturated carbocycles. The molecule has 0 unspecified atom stereocenters. The largest absolute Gasteiger partial charge is 0.456 e. The Hall–Kier alpha value is -5.17. The van der Waals surface area contributed by atoms with E-state index in [9.17, 15) is 0 Å². The summed E-state index contributed by atoms with van der Waals surface area (Å²) < 4.78 is 11.0. The van der Waals surface area contributed by atoms with Gasteiger partial charge in [0, 0.05) is 62.5 Å². The third-order valence-electron chi connectivity index (χ3n) is 9.02. The number of hydrogen-bond donors (Lipinski definition) is 0. The van der Waals surface area contributed by atoms with Crippen LogP contribution in [0, 0.1) is 0 Å². The van der Waals surface area contributed by atoms with Crippen molar-refractivity contribution in [2.24, 2.45) is 0 Å². The minimum absolute atomic E-state index is 0.696. The van der Waals surface area contributed by atoms with E-state index in [-0.39, 0.29) is 0 Å². The van der Waals surface area contributed by atoms with Crippen molar-refractivity contribution < 1.29 is 4.42 Å². The minimum atomic E-state index is 0.696. The van der Waals surface area contributed by atoms with E-state index in [1.165, 1.54) is 46.1 Å². The molecule has 6 heteroatoms. The van der Waals surface area contributed by atoms with Crippen LogP contribution in [0.25, 0.3) is 92.0 Å². The lowest BCUT2D eigenvalue weighted by Gasteiger charge is -2.20. The molecule has 204 valence electrons. The number of para-hydroxylation sites is 2. The summed E-state index contributed by atoms with van der Waals surface area (Å²) in [5, 5.41) is 8.45. The molecule has 0 N–H and O–H groups in total. The highest BCUT2D eigenvalue weighted by Gasteiger charge is 2.25. The number of aromatic nitrogens is 3. The van der Waals surface area contributed by atoms with Crippen LogP contribution >= 0.6 is 23.1 Å². The summed E-state index contributed by atoms with van der Waals surface area (Å²) in [5.41, 5.74) is 7.20. The van der Waals surface area contributed by atoms with Crippen LogP contribution in [0.5, 0.6) is 0 Å². The first-order valence-electron chi connectivity index (χ1n) is 14.6. The van der Waals surface area contributed by atoms with Crippen LogP contribution in [0.15, 0.2) is 129 Å². The molecule has 44 heavy (non-hydrogen) atoms. The molecule has 10 aromatic rings. The number of furan rings is 1. The maximum Gasteiger partial charge on any atom is 0.235 e. The fourth-order valence-electron chi connectivity index (χ4n) is 7.16. The molecule has 6 aromatic carbocycles. The average molecular weight is 598 g/mol. The highest BCUT2D eigenvalue weighted by Crippen LogP contribution is 2.49. The fraction of sp³-hybridized carbons (Fsp3) is 0. The number of rotatable bonds is 1. The summed E-state index contributed by atoms with van der Waals surface area (Å²) >= 11 is 3.66. The van der Waals surface area contributed by atoms with Crippen molar-refractivity contribution in [3.05, 3.63) is 115 Å². The standard InChI is InChI=1S/C38H19N3OS2/c1-4-12-26-22(8-1)32-27(18-16-20-21-17-19-29-33(37(21)44-36(20)32)23-9-2-5-13-28(23)42-29)41(26)38-39-25-11-7-15-31-34(25)35(40-38)24-10-3-6-14-30(24)43-31/h1-19H. The molecule has 0 aliphatic carbocycles. The molecular weight excluding hydrogens is 579 g/mol. The third-order valence-corrected chi connectivity index (χ3v) is 11.4. The molecule has 0 fully saturated rings. The zero-order chi connectivity index (χ0) is 28.5. The summed E-state index contributed by atoms with van der Waals surface area (Å²) in [6, 6.07) is 40.8. The molecule has 1 aliphatic rings. The lowest BCUT2D eigenvalue weighted by atomic mass is 10.1. The first-order valence-corrected chi connectivity index (χ1v) is 16.2. The van der Waals surface area contributed by atoms with Gasteiger partial charge in [-0.3, -0.25) is 4.57 Å². The zero-order valence-electron chi connectivity index (χ0n) is 23.0. The van der Waals surface area contributed by atoms with Gasteiger partial charge in [-0.2, -0.15) is 0 Å². The zero-order valence-corrected chi connectivity index (χ0v) is 24.7. The second kappa shape index (κ2) is 8.26. The van der Waals surface area contributed by atoms with Crippen molar-refractivity contribution >= 4 is 97.9 Å². The quantitative estimate of drug-likeness (QED) is 0.189. The van der Waals surface area contributed by atoms with E-state index in [1.807, 2.05) is 17.4 Å². The van der Waals surface area contributed by atoms with E-state index in [2.05, 4.69) is 114 Å². The molecule has 4 nitrogen and oxygen atoms in total. The van der Waals surface area contributed by atoms with Gasteiger partial charge in [0.25, 0.3) is 0 Å². The Labute approximate surface area is 258 Å². The SMILES string of the molecule is c1ccc2c(c1)Sc1cccc3nc(-n4c5ccccc5c5c6sc7c(ccc8oc9ccccc9c87)c6ccc54)nc-2c13. The Bertz CT molecular complexity index is 2880. The van der Waals surface area contributed by atoms with Gasteiger partial charge in [-0.05, 0) is 48.5 Å². The fourth-order valence-corrected chi connectivity index (χ4v) is 9.67. The maximum absolute atomic E-state index is 6.26. The second-order valence-corrected chi connectivity index (χ2v) is 13.4. The Morgan fingerprint density at radius 3 is 2.25 bits per heavy atom. The van der Waals surface area contributed by atoms with E-state index in [1.54, 1.807) is 11.8 Å². The summed E-state index contributed by atoms with van der Waals surface area (Å²) in [7, 11) is 0. The molecule has 4 aromatic heterocycles. The van der Waals surface area contributed by atoms with Crippen LogP contribution in [-0.4, -0.2) is 14.5 Å². The van der Waals surface area contributed by atoms with Gasteiger partial charge in [0.05, 0.1) is 22.2 Å². The van der Waals surface area contributed by atoms with Crippen molar-refractivity contribution in [3.63, 3.8) is 0 Å². The van der Waals surface area contributed by atoms with E-state index in [0.29, 0.717) is 5.95 Å². The van der Waals surface area contributed by atoms with Crippen LogP contribution in [0.1, 0.15) is 0 Å². The molecule has 0 bridgehead atoms. The van der Waals surface area contributed by atoms with Gasteiger partial charge in [0.1, 0.15) is 11.2 Å². The van der Waals surface area contributed by atoms with Crippen LogP contribution in [0.3, 0.4) is 0 Å². The van der Waals surface area contributed by atoms with E-state index in [0.717, 1.165) is 49.7 Å². The van der Waals surface area contributed by atoms with Gasteiger partial charge in [-0.15, -0.1) is 11.3 Å². The first-order chi connectivity index (χ1) is 21.8. The number of nitrogens with zero attached hydrogens (tertiary/aromatic N) is 3. The lowest BCUT2D eigenvalue weighted by molar-refractivity contribution is 0.669. The van der Waals surface area contributed by atoms with E-state index in [4.69, 9.17) is 14.4 Å².